The predicted octanol–water partition coefficient (Wildman–Crippen LogP) is 5.42. The Bertz CT molecular complexity index is 1380. The quantitative estimate of drug-likeness (QED) is 0.315. The molecule has 3 aromatic rings. The van der Waals surface area contributed by atoms with Gasteiger partial charge in [0.25, 0.3) is 10.0 Å². The Balaban J connectivity index is 2.05. The average Bonchev–Trinajstić information content (AvgIpc) is 2.91. The van der Waals surface area contributed by atoms with E-state index >= 15 is 0 Å². The zero-order valence-electron chi connectivity index (χ0n) is 22.8. The van der Waals surface area contributed by atoms with Crippen molar-refractivity contribution in [1.82, 2.24) is 10.2 Å². The van der Waals surface area contributed by atoms with Gasteiger partial charge in [-0.2, -0.15) is 0 Å². The summed E-state index contributed by atoms with van der Waals surface area (Å²) in [6, 6.07) is 21.2. The Hall–Kier alpha value is -3.36. The summed E-state index contributed by atoms with van der Waals surface area (Å²) in [5.41, 5.74) is 2.10. The van der Waals surface area contributed by atoms with Gasteiger partial charge in [0.15, 0.2) is 0 Å². The standard InChI is InChI=1S/C30H36ClN3O4S/c1-5-28(30(36)32-19-22(2)3)33(20-24-13-10-9-12-23(24)4)29(35)21-34(26-15-11-14-25(31)18-26)39(37,38)27-16-7-6-8-17-27/h6-18,22,28H,5,19-21H2,1-4H3,(H,32,36)/t28-/m0/s1. The Labute approximate surface area is 236 Å². The van der Waals surface area contributed by atoms with Gasteiger partial charge in [-0.1, -0.05) is 80.9 Å². The van der Waals surface area contributed by atoms with Crippen molar-refractivity contribution in [2.75, 3.05) is 17.4 Å². The molecule has 9 heteroatoms. The van der Waals surface area contributed by atoms with E-state index in [0.717, 1.165) is 15.4 Å². The fourth-order valence-electron chi connectivity index (χ4n) is 4.19. The van der Waals surface area contributed by atoms with Gasteiger partial charge in [0.05, 0.1) is 10.6 Å². The Kier molecular flexibility index (Phi) is 10.5. The number of aryl methyl sites for hydroxylation is 1. The monoisotopic (exact) mass is 569 g/mol. The minimum absolute atomic E-state index is 0.0462. The van der Waals surface area contributed by atoms with E-state index in [2.05, 4.69) is 5.32 Å². The van der Waals surface area contributed by atoms with E-state index in [4.69, 9.17) is 11.6 Å². The molecule has 2 amide bonds. The van der Waals surface area contributed by atoms with Gasteiger partial charge in [-0.3, -0.25) is 13.9 Å². The zero-order valence-corrected chi connectivity index (χ0v) is 24.4. The number of halogens is 1. The van der Waals surface area contributed by atoms with Gasteiger partial charge in [-0.05, 0) is 60.7 Å². The molecular formula is C30H36ClN3O4S. The van der Waals surface area contributed by atoms with Crippen molar-refractivity contribution in [3.63, 3.8) is 0 Å². The molecule has 0 saturated heterocycles. The second-order valence-electron chi connectivity index (χ2n) is 9.82. The lowest BCUT2D eigenvalue weighted by Gasteiger charge is -2.33. The van der Waals surface area contributed by atoms with E-state index in [1.807, 2.05) is 52.0 Å². The molecule has 3 aromatic carbocycles. The fourth-order valence-corrected chi connectivity index (χ4v) is 5.80. The number of anilines is 1. The molecule has 39 heavy (non-hydrogen) atoms. The van der Waals surface area contributed by atoms with Crippen LogP contribution in [0, 0.1) is 12.8 Å². The number of carbonyl (C=O) groups excluding carboxylic acids is 2. The summed E-state index contributed by atoms with van der Waals surface area (Å²) in [4.78, 5) is 28.8. The normalized spacial score (nSPS) is 12.2. The van der Waals surface area contributed by atoms with Crippen molar-refractivity contribution in [3.8, 4) is 0 Å². The molecule has 0 aromatic heterocycles. The third-order valence-corrected chi connectivity index (χ3v) is 8.40. The second-order valence-corrected chi connectivity index (χ2v) is 12.1. The van der Waals surface area contributed by atoms with Gasteiger partial charge < -0.3 is 10.2 Å². The second kappa shape index (κ2) is 13.6. The highest BCUT2D eigenvalue weighted by Crippen LogP contribution is 2.27. The molecule has 0 radical (unpaired) electrons. The molecule has 0 saturated carbocycles. The van der Waals surface area contributed by atoms with Crippen LogP contribution in [0.1, 0.15) is 38.3 Å². The molecule has 0 aliphatic heterocycles. The molecule has 208 valence electrons. The summed E-state index contributed by atoms with van der Waals surface area (Å²) in [6.07, 6.45) is 0.365. The van der Waals surface area contributed by atoms with Gasteiger partial charge in [0.2, 0.25) is 11.8 Å². The number of hydrogen-bond acceptors (Lipinski definition) is 4. The first-order valence-corrected chi connectivity index (χ1v) is 14.8. The van der Waals surface area contributed by atoms with E-state index in [9.17, 15) is 18.0 Å². The number of nitrogens with one attached hydrogen (secondary N) is 1. The minimum Gasteiger partial charge on any atom is -0.354 e. The molecule has 0 unspecified atom stereocenters. The molecule has 0 spiro atoms. The number of nitrogens with zero attached hydrogens (tertiary/aromatic N) is 2. The number of rotatable bonds is 12. The van der Waals surface area contributed by atoms with Crippen LogP contribution in [0.2, 0.25) is 5.02 Å². The molecule has 7 nitrogen and oxygen atoms in total. The number of benzene rings is 3. The molecule has 0 fully saturated rings. The van der Waals surface area contributed by atoms with Gasteiger partial charge in [-0.25, -0.2) is 8.42 Å². The Morgan fingerprint density at radius 1 is 0.949 bits per heavy atom. The van der Waals surface area contributed by atoms with Crippen molar-refractivity contribution < 1.29 is 18.0 Å². The van der Waals surface area contributed by atoms with Crippen LogP contribution >= 0.6 is 11.6 Å². The number of amides is 2. The summed E-state index contributed by atoms with van der Waals surface area (Å²) in [7, 11) is -4.13. The summed E-state index contributed by atoms with van der Waals surface area (Å²) < 4.78 is 28.7. The molecule has 1 atom stereocenters. The molecule has 0 heterocycles. The smallest absolute Gasteiger partial charge is 0.264 e. The molecule has 0 bridgehead atoms. The Morgan fingerprint density at radius 2 is 1.62 bits per heavy atom. The predicted molar refractivity (Wildman–Crippen MR) is 156 cm³/mol. The van der Waals surface area contributed by atoms with Crippen LogP contribution in [-0.4, -0.2) is 44.3 Å². The molecule has 0 aliphatic carbocycles. The van der Waals surface area contributed by atoms with Crippen molar-refractivity contribution in [2.45, 2.75) is 51.6 Å². The number of carbonyl (C=O) groups is 2. The highest BCUT2D eigenvalue weighted by atomic mass is 35.5. The van der Waals surface area contributed by atoms with E-state index in [0.29, 0.717) is 18.0 Å². The van der Waals surface area contributed by atoms with Gasteiger partial charge >= 0.3 is 0 Å². The van der Waals surface area contributed by atoms with Gasteiger partial charge in [0, 0.05) is 18.1 Å². The van der Waals surface area contributed by atoms with Crippen LogP contribution < -0.4 is 9.62 Å². The SMILES string of the molecule is CC[C@@H](C(=O)NCC(C)C)N(Cc1ccccc1C)C(=O)CN(c1cccc(Cl)c1)S(=O)(=O)c1ccccc1. The molecule has 3 rings (SSSR count). The number of hydrogen-bond donors (Lipinski definition) is 1. The average molecular weight is 570 g/mol. The lowest BCUT2D eigenvalue weighted by molar-refractivity contribution is -0.140. The van der Waals surface area contributed by atoms with Crippen LogP contribution in [0.4, 0.5) is 5.69 Å². The van der Waals surface area contributed by atoms with Crippen LogP contribution in [0.3, 0.4) is 0 Å². The molecule has 1 N–H and O–H groups in total. The zero-order chi connectivity index (χ0) is 28.6. The first-order valence-electron chi connectivity index (χ1n) is 13.0. The van der Waals surface area contributed by atoms with Gasteiger partial charge in [0.1, 0.15) is 12.6 Å². The lowest BCUT2D eigenvalue weighted by Crippen LogP contribution is -2.52. The Morgan fingerprint density at radius 3 is 2.23 bits per heavy atom. The first-order chi connectivity index (χ1) is 18.5. The largest absolute Gasteiger partial charge is 0.354 e. The molecule has 0 aliphatic rings. The van der Waals surface area contributed by atoms with Crippen LogP contribution in [0.5, 0.6) is 0 Å². The van der Waals surface area contributed by atoms with Crippen molar-refractivity contribution >= 4 is 39.1 Å². The van der Waals surface area contributed by atoms with Crippen LogP contribution in [0.15, 0.2) is 83.8 Å². The first kappa shape index (κ1) is 30.2. The maximum Gasteiger partial charge on any atom is 0.264 e. The topological polar surface area (TPSA) is 86.8 Å². The van der Waals surface area contributed by atoms with Crippen LogP contribution in [-0.2, 0) is 26.2 Å². The third-order valence-electron chi connectivity index (χ3n) is 6.38. The van der Waals surface area contributed by atoms with E-state index in [-0.39, 0.29) is 29.0 Å². The minimum atomic E-state index is -4.13. The van der Waals surface area contributed by atoms with E-state index in [1.165, 1.54) is 23.1 Å². The summed E-state index contributed by atoms with van der Waals surface area (Å²) in [5.74, 6) is -0.529. The van der Waals surface area contributed by atoms with Crippen LogP contribution in [0.25, 0.3) is 0 Å². The third kappa shape index (κ3) is 7.83. The summed E-state index contributed by atoms with van der Waals surface area (Å²) in [5, 5.41) is 3.27. The van der Waals surface area contributed by atoms with E-state index in [1.54, 1.807) is 36.4 Å². The fraction of sp³-hybridized carbons (Fsp3) is 0.333. The highest BCUT2D eigenvalue weighted by molar-refractivity contribution is 7.92. The van der Waals surface area contributed by atoms with E-state index < -0.39 is 28.5 Å². The summed E-state index contributed by atoms with van der Waals surface area (Å²) in [6.45, 7) is 7.90. The number of sulfonamides is 1. The lowest BCUT2D eigenvalue weighted by atomic mass is 10.1. The summed E-state index contributed by atoms with van der Waals surface area (Å²) >= 11 is 6.21. The highest BCUT2D eigenvalue weighted by Gasteiger charge is 2.33. The maximum atomic E-state index is 14.1. The molecular weight excluding hydrogens is 534 g/mol. The van der Waals surface area contributed by atoms with Crippen molar-refractivity contribution in [1.29, 1.82) is 0 Å². The van der Waals surface area contributed by atoms with Crippen molar-refractivity contribution in [3.05, 3.63) is 95.0 Å². The van der Waals surface area contributed by atoms with Crippen molar-refractivity contribution in [2.24, 2.45) is 5.92 Å². The van der Waals surface area contributed by atoms with Gasteiger partial charge in [-0.15, -0.1) is 0 Å². The maximum absolute atomic E-state index is 14.1.